The fourth-order valence-corrected chi connectivity index (χ4v) is 3.35. The van der Waals surface area contributed by atoms with E-state index >= 15 is 0 Å². The van der Waals surface area contributed by atoms with Crippen LogP contribution in [0, 0.1) is 6.92 Å². The van der Waals surface area contributed by atoms with Gasteiger partial charge in [0, 0.05) is 10.4 Å². The van der Waals surface area contributed by atoms with Crippen LogP contribution in [0.2, 0.25) is 0 Å². The van der Waals surface area contributed by atoms with Crippen molar-refractivity contribution in [2.24, 2.45) is 0 Å². The van der Waals surface area contributed by atoms with Crippen LogP contribution < -0.4 is 4.74 Å². The number of aryl methyl sites for hydroxylation is 1. The van der Waals surface area contributed by atoms with E-state index in [1.54, 1.807) is 6.07 Å². The van der Waals surface area contributed by atoms with Gasteiger partial charge < -0.3 is 9.84 Å². The highest BCUT2D eigenvalue weighted by molar-refractivity contribution is 9.10. The predicted octanol–water partition coefficient (Wildman–Crippen LogP) is 4.17. The third-order valence-corrected chi connectivity index (χ3v) is 4.32. The van der Waals surface area contributed by atoms with Crippen LogP contribution in [0.25, 0.3) is 0 Å². The number of hydrogen-bond donors (Lipinski definition) is 1. The summed E-state index contributed by atoms with van der Waals surface area (Å²) in [6.45, 7) is 2.38. The smallest absolute Gasteiger partial charge is 0.339 e. The Bertz CT molecular complexity index is 709. The lowest BCUT2D eigenvalue weighted by molar-refractivity contribution is 0.0691. The number of hydrogen-bond acceptors (Lipinski definition) is 2. The molecule has 0 aliphatic heterocycles. The van der Waals surface area contributed by atoms with Crippen LogP contribution in [-0.4, -0.2) is 17.7 Å². The number of carboxylic acid groups (broad SMARTS) is 1. The van der Waals surface area contributed by atoms with Crippen molar-refractivity contribution in [2.45, 2.75) is 19.3 Å². The Morgan fingerprint density at radius 2 is 2.14 bits per heavy atom. The minimum absolute atomic E-state index is 0.203. The molecule has 0 spiro atoms. The molecule has 1 aliphatic carbocycles. The van der Waals surface area contributed by atoms with Crippen molar-refractivity contribution >= 4 is 21.9 Å². The number of fused-ring (bicyclic) bond motifs is 1. The quantitative estimate of drug-likeness (QED) is 0.903. The molecule has 21 heavy (non-hydrogen) atoms. The number of carbonyl (C=O) groups is 1. The normalized spacial score (nSPS) is 16.0. The lowest BCUT2D eigenvalue weighted by Crippen LogP contribution is -2.23. The summed E-state index contributed by atoms with van der Waals surface area (Å²) >= 11 is 3.32. The first-order chi connectivity index (χ1) is 10.1. The van der Waals surface area contributed by atoms with E-state index in [-0.39, 0.29) is 5.56 Å². The van der Waals surface area contributed by atoms with Crippen LogP contribution in [-0.2, 0) is 6.42 Å². The molecule has 0 heterocycles. The number of aromatic carboxylic acids is 1. The van der Waals surface area contributed by atoms with E-state index in [4.69, 9.17) is 4.74 Å². The van der Waals surface area contributed by atoms with Gasteiger partial charge in [-0.2, -0.15) is 0 Å². The molecule has 1 atom stereocenters. The molecule has 2 aromatic rings. The van der Waals surface area contributed by atoms with Crippen LogP contribution in [0.3, 0.4) is 0 Å². The van der Waals surface area contributed by atoms with Crippen LogP contribution in [0.4, 0.5) is 0 Å². The predicted molar refractivity (Wildman–Crippen MR) is 84.2 cm³/mol. The number of rotatable bonds is 4. The van der Waals surface area contributed by atoms with Gasteiger partial charge in [-0.25, -0.2) is 4.79 Å². The van der Waals surface area contributed by atoms with E-state index in [2.05, 4.69) is 28.1 Å². The second-order valence-electron chi connectivity index (χ2n) is 5.32. The van der Waals surface area contributed by atoms with Crippen LogP contribution in [0.5, 0.6) is 5.75 Å². The summed E-state index contributed by atoms with van der Waals surface area (Å²) in [7, 11) is 0. The average molecular weight is 347 g/mol. The van der Waals surface area contributed by atoms with Crippen molar-refractivity contribution in [3.63, 3.8) is 0 Å². The molecule has 0 fully saturated rings. The third kappa shape index (κ3) is 2.68. The molecule has 0 aromatic heterocycles. The Kier molecular flexibility index (Phi) is 3.72. The molecule has 0 radical (unpaired) electrons. The maximum absolute atomic E-state index is 11.4. The van der Waals surface area contributed by atoms with Gasteiger partial charge in [-0.3, -0.25) is 0 Å². The van der Waals surface area contributed by atoms with Crippen molar-refractivity contribution in [1.29, 1.82) is 0 Å². The molecule has 1 N–H and O–H groups in total. The fourth-order valence-electron chi connectivity index (χ4n) is 2.78. The van der Waals surface area contributed by atoms with Gasteiger partial charge in [0.15, 0.2) is 0 Å². The molecule has 0 saturated carbocycles. The van der Waals surface area contributed by atoms with E-state index in [1.165, 1.54) is 11.1 Å². The lowest BCUT2D eigenvalue weighted by Gasteiger charge is -2.30. The first kappa shape index (κ1) is 14.1. The van der Waals surface area contributed by atoms with Gasteiger partial charge in [0.25, 0.3) is 0 Å². The van der Waals surface area contributed by atoms with E-state index < -0.39 is 5.97 Å². The second-order valence-corrected chi connectivity index (χ2v) is 6.23. The highest BCUT2D eigenvalue weighted by Gasteiger charge is 2.26. The van der Waals surface area contributed by atoms with Crippen LogP contribution in [0.1, 0.15) is 33.0 Å². The monoisotopic (exact) mass is 346 g/mol. The minimum Gasteiger partial charge on any atom is -0.492 e. The fraction of sp³-hybridized carbons (Fsp3) is 0.235. The van der Waals surface area contributed by atoms with E-state index in [0.717, 1.165) is 16.5 Å². The molecule has 108 valence electrons. The largest absolute Gasteiger partial charge is 0.492 e. The number of ether oxygens (including phenoxy) is 1. The summed E-state index contributed by atoms with van der Waals surface area (Å²) in [5, 5.41) is 9.31. The Morgan fingerprint density at radius 3 is 2.86 bits per heavy atom. The molecular formula is C17H15BrO3. The summed E-state index contributed by atoms with van der Waals surface area (Å²) in [5.74, 6) is -0.149. The van der Waals surface area contributed by atoms with Crippen molar-refractivity contribution < 1.29 is 14.6 Å². The molecule has 0 amide bonds. The van der Waals surface area contributed by atoms with Gasteiger partial charge in [-0.1, -0.05) is 40.2 Å². The molecule has 1 aliphatic rings. The maximum atomic E-state index is 11.4. The van der Waals surface area contributed by atoms with Crippen molar-refractivity contribution in [1.82, 2.24) is 0 Å². The molecule has 2 aromatic carbocycles. The molecule has 0 saturated heterocycles. The summed E-state index contributed by atoms with van der Waals surface area (Å²) in [6, 6.07) is 11.8. The molecule has 0 bridgehead atoms. The summed E-state index contributed by atoms with van der Waals surface area (Å²) in [6.07, 6.45) is 0.994. The lowest BCUT2D eigenvalue weighted by atomic mass is 9.78. The second kappa shape index (κ2) is 5.53. The number of carboxylic acids is 1. The summed E-state index contributed by atoms with van der Waals surface area (Å²) < 4.78 is 6.59. The average Bonchev–Trinajstić information content (AvgIpc) is 2.41. The van der Waals surface area contributed by atoms with Gasteiger partial charge in [0.1, 0.15) is 11.3 Å². The number of benzene rings is 2. The Hall–Kier alpha value is -1.81. The molecule has 3 rings (SSSR count). The summed E-state index contributed by atoms with van der Waals surface area (Å²) in [4.78, 5) is 11.4. The van der Waals surface area contributed by atoms with Crippen molar-refractivity contribution in [2.75, 3.05) is 6.61 Å². The van der Waals surface area contributed by atoms with E-state index in [0.29, 0.717) is 18.3 Å². The first-order valence-corrected chi connectivity index (χ1v) is 7.59. The van der Waals surface area contributed by atoms with Crippen LogP contribution in [0.15, 0.2) is 40.9 Å². The van der Waals surface area contributed by atoms with Gasteiger partial charge in [-0.15, -0.1) is 0 Å². The third-order valence-electron chi connectivity index (χ3n) is 3.86. The van der Waals surface area contributed by atoms with Crippen LogP contribution >= 0.6 is 15.9 Å². The SMILES string of the molecule is Cc1cc(Br)cc(C(=O)O)c1OCC1Cc2ccccc21. The van der Waals surface area contributed by atoms with Gasteiger partial charge in [0.2, 0.25) is 0 Å². The van der Waals surface area contributed by atoms with Crippen molar-refractivity contribution in [3.8, 4) is 5.75 Å². The van der Waals surface area contributed by atoms with Gasteiger partial charge in [0.05, 0.1) is 6.61 Å². The Labute approximate surface area is 131 Å². The molecular weight excluding hydrogens is 332 g/mol. The topological polar surface area (TPSA) is 46.5 Å². The zero-order chi connectivity index (χ0) is 15.0. The minimum atomic E-state index is -0.969. The first-order valence-electron chi connectivity index (χ1n) is 6.80. The van der Waals surface area contributed by atoms with E-state index in [1.807, 2.05) is 25.1 Å². The zero-order valence-electron chi connectivity index (χ0n) is 11.6. The zero-order valence-corrected chi connectivity index (χ0v) is 13.2. The highest BCUT2D eigenvalue weighted by atomic mass is 79.9. The van der Waals surface area contributed by atoms with Gasteiger partial charge in [-0.05, 0) is 42.2 Å². The van der Waals surface area contributed by atoms with Crippen molar-refractivity contribution in [3.05, 3.63) is 63.1 Å². The highest BCUT2D eigenvalue weighted by Crippen LogP contribution is 2.36. The Morgan fingerprint density at radius 1 is 1.38 bits per heavy atom. The number of halogens is 1. The van der Waals surface area contributed by atoms with E-state index in [9.17, 15) is 9.90 Å². The Balaban J connectivity index is 1.79. The van der Waals surface area contributed by atoms with Gasteiger partial charge >= 0.3 is 5.97 Å². The maximum Gasteiger partial charge on any atom is 0.339 e. The molecule has 1 unspecified atom stereocenters. The molecule has 3 nitrogen and oxygen atoms in total. The standard InChI is InChI=1S/C17H15BrO3/c1-10-6-13(18)8-15(17(19)20)16(10)21-9-12-7-11-4-2-3-5-14(11)12/h2-6,8,12H,7,9H2,1H3,(H,19,20). The molecule has 4 heteroatoms. The summed E-state index contributed by atoms with van der Waals surface area (Å²) in [5.41, 5.74) is 3.70.